The summed E-state index contributed by atoms with van der Waals surface area (Å²) in [6, 6.07) is 6.27. The van der Waals surface area contributed by atoms with Gasteiger partial charge >= 0.3 is 0 Å². The third-order valence-electron chi connectivity index (χ3n) is 3.08. The highest BCUT2D eigenvalue weighted by Crippen LogP contribution is 2.38. The second kappa shape index (κ2) is 3.78. The molecule has 2 heteroatoms. The molecule has 1 aliphatic rings. The van der Waals surface area contributed by atoms with Crippen molar-refractivity contribution in [3.05, 3.63) is 34.9 Å². The molecule has 0 saturated heterocycles. The Hall–Kier alpha value is -1.15. The molecule has 1 aromatic carbocycles. The summed E-state index contributed by atoms with van der Waals surface area (Å²) in [7, 11) is 0. The van der Waals surface area contributed by atoms with Crippen LogP contribution < -0.4 is 0 Å². The number of hydrogen-bond acceptors (Lipinski definition) is 2. The van der Waals surface area contributed by atoms with E-state index in [1.54, 1.807) is 0 Å². The first-order valence-corrected chi connectivity index (χ1v) is 5.42. The Morgan fingerprint density at radius 3 is 3.00 bits per heavy atom. The topological polar surface area (TPSA) is 26.3 Å². The highest BCUT2D eigenvalue weighted by molar-refractivity contribution is 5.69. The molecule has 2 nitrogen and oxygen atoms in total. The van der Waals surface area contributed by atoms with Gasteiger partial charge in [0.1, 0.15) is 5.60 Å². The van der Waals surface area contributed by atoms with E-state index >= 15 is 0 Å². The molecule has 15 heavy (non-hydrogen) atoms. The normalized spacial score (nSPS) is 23.9. The predicted molar refractivity (Wildman–Crippen MR) is 58.9 cm³/mol. The standard InChI is InChI=1S/C13H16O2/c1-3-15-13(9-14)7-6-11-5-4-10(2)8-12(11)13/h4-5,8-9H,3,6-7H2,1-2H3. The first-order chi connectivity index (χ1) is 7.22. The maximum Gasteiger partial charge on any atom is 0.156 e. The fraction of sp³-hybridized carbons (Fsp3) is 0.462. The Morgan fingerprint density at radius 2 is 2.33 bits per heavy atom. The van der Waals surface area contributed by atoms with Gasteiger partial charge in [0.25, 0.3) is 0 Å². The zero-order valence-electron chi connectivity index (χ0n) is 9.25. The molecule has 0 bridgehead atoms. The second-order valence-electron chi connectivity index (χ2n) is 4.10. The first kappa shape index (κ1) is 10.4. The van der Waals surface area contributed by atoms with Crippen LogP contribution >= 0.6 is 0 Å². The number of benzene rings is 1. The number of carbonyl (C=O) groups is 1. The predicted octanol–water partition coefficient (Wildman–Crippen LogP) is 2.37. The summed E-state index contributed by atoms with van der Waals surface area (Å²) in [6.45, 7) is 4.55. The molecule has 0 aromatic heterocycles. The minimum atomic E-state index is -0.671. The van der Waals surface area contributed by atoms with Gasteiger partial charge in [-0.1, -0.05) is 23.8 Å². The van der Waals surface area contributed by atoms with Gasteiger partial charge in [-0.3, -0.25) is 4.79 Å². The quantitative estimate of drug-likeness (QED) is 0.706. The molecule has 0 saturated carbocycles. The third-order valence-corrected chi connectivity index (χ3v) is 3.08. The average Bonchev–Trinajstić information content (AvgIpc) is 2.58. The summed E-state index contributed by atoms with van der Waals surface area (Å²) in [5.74, 6) is 0. The van der Waals surface area contributed by atoms with Crippen LogP contribution in [0, 0.1) is 6.92 Å². The zero-order chi connectivity index (χ0) is 10.9. The maximum absolute atomic E-state index is 11.3. The first-order valence-electron chi connectivity index (χ1n) is 5.42. The molecule has 0 amide bonds. The molecule has 0 heterocycles. The van der Waals surface area contributed by atoms with Crippen LogP contribution in [0.4, 0.5) is 0 Å². The highest BCUT2D eigenvalue weighted by Gasteiger charge is 2.39. The SMILES string of the molecule is CCOC1(C=O)CCc2ccc(C)cc21. The van der Waals surface area contributed by atoms with Crippen molar-refractivity contribution in [2.24, 2.45) is 0 Å². The third kappa shape index (κ3) is 1.59. The van der Waals surface area contributed by atoms with Crippen molar-refractivity contribution >= 4 is 6.29 Å². The van der Waals surface area contributed by atoms with Gasteiger partial charge in [0.2, 0.25) is 0 Å². The van der Waals surface area contributed by atoms with E-state index in [1.165, 1.54) is 11.1 Å². The van der Waals surface area contributed by atoms with Crippen molar-refractivity contribution in [1.29, 1.82) is 0 Å². The highest BCUT2D eigenvalue weighted by atomic mass is 16.5. The smallest absolute Gasteiger partial charge is 0.156 e. The molecule has 0 spiro atoms. The average molecular weight is 204 g/mol. The van der Waals surface area contributed by atoms with Crippen molar-refractivity contribution in [3.63, 3.8) is 0 Å². The van der Waals surface area contributed by atoms with E-state index in [0.29, 0.717) is 6.61 Å². The van der Waals surface area contributed by atoms with E-state index in [-0.39, 0.29) is 0 Å². The molecule has 80 valence electrons. The fourth-order valence-electron chi connectivity index (χ4n) is 2.32. The molecule has 0 aliphatic heterocycles. The number of aryl methyl sites for hydroxylation is 2. The van der Waals surface area contributed by atoms with Crippen LogP contribution in [0.15, 0.2) is 18.2 Å². The number of rotatable bonds is 3. The number of aldehydes is 1. The summed E-state index contributed by atoms with van der Waals surface area (Å²) in [4.78, 5) is 11.3. The van der Waals surface area contributed by atoms with Gasteiger partial charge < -0.3 is 4.74 Å². The molecule has 1 aromatic rings. The maximum atomic E-state index is 11.3. The van der Waals surface area contributed by atoms with Gasteiger partial charge in [-0.15, -0.1) is 0 Å². The lowest BCUT2D eigenvalue weighted by Gasteiger charge is -2.23. The van der Waals surface area contributed by atoms with Crippen LogP contribution in [0.5, 0.6) is 0 Å². The second-order valence-corrected chi connectivity index (χ2v) is 4.10. The van der Waals surface area contributed by atoms with Crippen molar-refractivity contribution in [2.45, 2.75) is 32.3 Å². The Morgan fingerprint density at radius 1 is 1.53 bits per heavy atom. The van der Waals surface area contributed by atoms with Gasteiger partial charge in [-0.05, 0) is 37.8 Å². The Balaban J connectivity index is 2.48. The summed E-state index contributed by atoms with van der Waals surface area (Å²) in [6.07, 6.45) is 2.68. The van der Waals surface area contributed by atoms with Crippen molar-refractivity contribution < 1.29 is 9.53 Å². The molecule has 2 rings (SSSR count). The molecule has 1 atom stereocenters. The monoisotopic (exact) mass is 204 g/mol. The molecular weight excluding hydrogens is 188 g/mol. The molecule has 0 fully saturated rings. The Labute approximate surface area is 90.3 Å². The van der Waals surface area contributed by atoms with E-state index in [1.807, 2.05) is 13.8 Å². The van der Waals surface area contributed by atoms with Gasteiger partial charge in [0.05, 0.1) is 0 Å². The Kier molecular flexibility index (Phi) is 2.61. The summed E-state index contributed by atoms with van der Waals surface area (Å²) < 4.78 is 5.65. The van der Waals surface area contributed by atoms with Gasteiger partial charge in [0.15, 0.2) is 6.29 Å². The fourth-order valence-corrected chi connectivity index (χ4v) is 2.32. The summed E-state index contributed by atoms with van der Waals surface area (Å²) in [5, 5.41) is 0. The number of fused-ring (bicyclic) bond motifs is 1. The van der Waals surface area contributed by atoms with Crippen LogP contribution in [-0.2, 0) is 21.6 Å². The lowest BCUT2D eigenvalue weighted by Crippen LogP contribution is -2.28. The molecule has 1 aliphatic carbocycles. The molecule has 0 N–H and O–H groups in total. The van der Waals surface area contributed by atoms with Crippen LogP contribution in [0.25, 0.3) is 0 Å². The summed E-state index contributed by atoms with van der Waals surface area (Å²) >= 11 is 0. The molecular formula is C13H16O2. The largest absolute Gasteiger partial charge is 0.363 e. The van der Waals surface area contributed by atoms with Crippen molar-refractivity contribution in [2.75, 3.05) is 6.61 Å². The van der Waals surface area contributed by atoms with E-state index in [0.717, 1.165) is 24.7 Å². The number of ether oxygens (including phenoxy) is 1. The minimum Gasteiger partial charge on any atom is -0.363 e. The van der Waals surface area contributed by atoms with E-state index in [2.05, 4.69) is 18.2 Å². The molecule has 0 radical (unpaired) electrons. The van der Waals surface area contributed by atoms with Crippen LogP contribution in [-0.4, -0.2) is 12.9 Å². The number of carbonyl (C=O) groups excluding carboxylic acids is 1. The van der Waals surface area contributed by atoms with Crippen molar-refractivity contribution in [1.82, 2.24) is 0 Å². The number of hydrogen-bond donors (Lipinski definition) is 0. The lowest BCUT2D eigenvalue weighted by molar-refractivity contribution is -0.131. The van der Waals surface area contributed by atoms with Gasteiger partial charge in [-0.2, -0.15) is 0 Å². The molecule has 1 unspecified atom stereocenters. The lowest BCUT2D eigenvalue weighted by atomic mass is 9.96. The van der Waals surface area contributed by atoms with E-state index in [9.17, 15) is 4.79 Å². The van der Waals surface area contributed by atoms with Crippen molar-refractivity contribution in [3.8, 4) is 0 Å². The van der Waals surface area contributed by atoms with E-state index in [4.69, 9.17) is 4.74 Å². The van der Waals surface area contributed by atoms with Crippen LogP contribution in [0.2, 0.25) is 0 Å². The van der Waals surface area contributed by atoms with Gasteiger partial charge in [0, 0.05) is 6.61 Å². The van der Waals surface area contributed by atoms with E-state index < -0.39 is 5.60 Å². The van der Waals surface area contributed by atoms with Crippen LogP contribution in [0.1, 0.15) is 30.0 Å². The summed E-state index contributed by atoms with van der Waals surface area (Å²) in [5.41, 5.74) is 2.83. The minimum absolute atomic E-state index is 0.576. The zero-order valence-corrected chi connectivity index (χ0v) is 9.25. The van der Waals surface area contributed by atoms with Gasteiger partial charge in [-0.25, -0.2) is 0 Å². The Bertz CT molecular complexity index is 380. The van der Waals surface area contributed by atoms with Crippen LogP contribution in [0.3, 0.4) is 0 Å².